The van der Waals surface area contributed by atoms with E-state index >= 15 is 0 Å². The van der Waals surface area contributed by atoms with Crippen LogP contribution in [0.25, 0.3) is 0 Å². The molecule has 21 heavy (non-hydrogen) atoms. The number of carbonyl (C=O) groups excluding carboxylic acids is 3. The first-order valence-corrected chi connectivity index (χ1v) is 8.05. The largest absolute Gasteiger partial charge is 0.330 e. The highest BCUT2D eigenvalue weighted by atomic mass is 35.5. The molecule has 1 aliphatic heterocycles. The van der Waals surface area contributed by atoms with Crippen molar-refractivity contribution >= 4 is 41.2 Å². The van der Waals surface area contributed by atoms with Crippen LogP contribution >= 0.6 is 23.4 Å². The maximum Gasteiger partial charge on any atom is 0.330 e. The molecule has 112 valence electrons. The lowest BCUT2D eigenvalue weighted by Gasteiger charge is -2.31. The predicted octanol–water partition coefficient (Wildman–Crippen LogP) is 2.25. The highest BCUT2D eigenvalue weighted by Gasteiger charge is 2.41. The molecule has 1 aliphatic rings. The number of halogens is 1. The number of hydrogen-bond acceptors (Lipinski definition) is 4. The van der Waals surface area contributed by atoms with Crippen molar-refractivity contribution in [3.05, 3.63) is 34.9 Å². The molecule has 7 heteroatoms. The zero-order chi connectivity index (χ0) is 15.6. The van der Waals surface area contributed by atoms with Gasteiger partial charge in [-0.25, -0.2) is 4.79 Å². The Morgan fingerprint density at radius 2 is 2.10 bits per heavy atom. The van der Waals surface area contributed by atoms with Gasteiger partial charge < -0.3 is 0 Å². The molecule has 0 aliphatic carbocycles. The first kappa shape index (κ1) is 15.9. The van der Waals surface area contributed by atoms with Crippen LogP contribution in [-0.2, 0) is 9.59 Å². The van der Waals surface area contributed by atoms with E-state index in [2.05, 4.69) is 5.32 Å². The summed E-state index contributed by atoms with van der Waals surface area (Å²) < 4.78 is 0. The molecule has 2 rings (SSSR count). The van der Waals surface area contributed by atoms with Gasteiger partial charge in [0.15, 0.2) is 0 Å². The number of carbonyl (C=O) groups is 3. The van der Waals surface area contributed by atoms with Crippen molar-refractivity contribution in [1.29, 1.82) is 0 Å². The van der Waals surface area contributed by atoms with Crippen molar-refractivity contribution in [1.82, 2.24) is 10.2 Å². The van der Waals surface area contributed by atoms with Gasteiger partial charge >= 0.3 is 6.03 Å². The van der Waals surface area contributed by atoms with Gasteiger partial charge in [0.1, 0.15) is 5.92 Å². The number of amides is 4. The Bertz CT molecular complexity index is 593. The molecule has 4 amide bonds. The minimum absolute atomic E-state index is 0.0907. The zero-order valence-electron chi connectivity index (χ0n) is 11.6. The van der Waals surface area contributed by atoms with E-state index in [-0.39, 0.29) is 11.8 Å². The third-order valence-electron chi connectivity index (χ3n) is 3.27. The van der Waals surface area contributed by atoms with Crippen LogP contribution in [0.15, 0.2) is 24.3 Å². The number of barbiturate groups is 1. The zero-order valence-corrected chi connectivity index (χ0v) is 13.2. The number of nitrogens with one attached hydrogen (secondary N) is 1. The van der Waals surface area contributed by atoms with E-state index in [1.807, 2.05) is 13.2 Å². The van der Waals surface area contributed by atoms with E-state index in [4.69, 9.17) is 11.6 Å². The average Bonchev–Trinajstić information content (AvgIpc) is 2.43. The van der Waals surface area contributed by atoms with Crippen molar-refractivity contribution in [3.8, 4) is 0 Å². The fourth-order valence-corrected chi connectivity index (χ4v) is 2.59. The Morgan fingerprint density at radius 1 is 1.38 bits per heavy atom. The molecule has 0 bridgehead atoms. The number of benzene rings is 1. The molecule has 1 aromatic rings. The van der Waals surface area contributed by atoms with Gasteiger partial charge in [-0.1, -0.05) is 30.7 Å². The summed E-state index contributed by atoms with van der Waals surface area (Å²) in [6.07, 6.45) is 1.90. The van der Waals surface area contributed by atoms with Crippen LogP contribution in [0.3, 0.4) is 0 Å². The van der Waals surface area contributed by atoms with Crippen molar-refractivity contribution < 1.29 is 14.4 Å². The second kappa shape index (κ2) is 6.49. The van der Waals surface area contributed by atoms with Crippen LogP contribution in [0, 0.1) is 0 Å². The summed E-state index contributed by atoms with van der Waals surface area (Å²) in [4.78, 5) is 37.4. The molecule has 1 fully saturated rings. The number of imide groups is 2. The lowest BCUT2D eigenvalue weighted by molar-refractivity contribution is -0.138. The van der Waals surface area contributed by atoms with Gasteiger partial charge in [-0.05, 0) is 24.0 Å². The number of rotatable bonds is 4. The third-order valence-corrected chi connectivity index (χ3v) is 4.46. The van der Waals surface area contributed by atoms with Crippen LogP contribution in [0.2, 0.25) is 5.02 Å². The summed E-state index contributed by atoms with van der Waals surface area (Å²) in [5.74, 6) is -2.15. The van der Waals surface area contributed by atoms with Crippen molar-refractivity contribution in [2.75, 3.05) is 12.8 Å². The molecular formula is C14H15ClN2O3S. The predicted molar refractivity (Wildman–Crippen MR) is 82.4 cm³/mol. The van der Waals surface area contributed by atoms with E-state index < -0.39 is 23.8 Å². The maximum atomic E-state index is 12.5. The van der Waals surface area contributed by atoms with E-state index in [1.54, 1.807) is 36.0 Å². The Kier molecular flexibility index (Phi) is 4.90. The fraction of sp³-hybridized carbons (Fsp3) is 0.357. The van der Waals surface area contributed by atoms with E-state index in [0.717, 1.165) is 4.90 Å². The van der Waals surface area contributed by atoms with Crippen LogP contribution in [-0.4, -0.2) is 40.8 Å². The lowest BCUT2D eigenvalue weighted by atomic mass is 9.95. The summed E-state index contributed by atoms with van der Waals surface area (Å²) in [5.41, 5.74) is 0.485. The Balaban J connectivity index is 2.31. The lowest BCUT2D eigenvalue weighted by Crippen LogP contribution is -2.57. The molecule has 1 saturated heterocycles. The van der Waals surface area contributed by atoms with Gasteiger partial charge in [-0.15, -0.1) is 0 Å². The second-order valence-corrected chi connectivity index (χ2v) is 6.49. The summed E-state index contributed by atoms with van der Waals surface area (Å²) in [5, 5.41) is 2.76. The molecule has 0 aromatic heterocycles. The summed E-state index contributed by atoms with van der Waals surface area (Å²) in [6.45, 7) is 2.17. The summed E-state index contributed by atoms with van der Waals surface area (Å²) in [7, 11) is 0. The normalized spacial score (nSPS) is 20.4. The van der Waals surface area contributed by atoms with Crippen molar-refractivity contribution in [3.63, 3.8) is 0 Å². The van der Waals surface area contributed by atoms with Gasteiger partial charge in [0.2, 0.25) is 11.8 Å². The smallest absolute Gasteiger partial charge is 0.277 e. The molecule has 5 nitrogen and oxygen atoms in total. The molecule has 2 unspecified atom stereocenters. The fourth-order valence-electron chi connectivity index (χ4n) is 2.10. The standard InChI is InChI=1S/C14H15ClN2O3S/c1-8(21-2)7-17-13(19)11(12(18)16-14(17)20)9-4-3-5-10(15)6-9/h3-6,8,11H,7H2,1-2H3,(H,16,18,20). The van der Waals surface area contributed by atoms with Gasteiger partial charge in [0, 0.05) is 16.8 Å². The van der Waals surface area contributed by atoms with Crippen molar-refractivity contribution in [2.24, 2.45) is 0 Å². The van der Waals surface area contributed by atoms with Gasteiger partial charge in [-0.3, -0.25) is 19.8 Å². The molecule has 1 aromatic carbocycles. The number of hydrogen-bond donors (Lipinski definition) is 1. The Labute approximate surface area is 132 Å². The molecule has 1 heterocycles. The van der Waals surface area contributed by atoms with Crippen LogP contribution < -0.4 is 5.32 Å². The number of thioether (sulfide) groups is 1. The molecule has 2 atom stereocenters. The average molecular weight is 327 g/mol. The minimum atomic E-state index is -1.03. The first-order valence-electron chi connectivity index (χ1n) is 6.38. The van der Waals surface area contributed by atoms with Crippen LogP contribution in [0.5, 0.6) is 0 Å². The SMILES string of the molecule is CSC(C)CN1C(=O)NC(=O)C(c2cccc(Cl)c2)C1=O. The van der Waals surface area contributed by atoms with Gasteiger partial charge in [0.25, 0.3) is 0 Å². The minimum Gasteiger partial charge on any atom is -0.277 e. The third kappa shape index (κ3) is 3.39. The monoisotopic (exact) mass is 326 g/mol. The molecular weight excluding hydrogens is 312 g/mol. The highest BCUT2D eigenvalue weighted by molar-refractivity contribution is 7.99. The maximum absolute atomic E-state index is 12.5. The first-order chi connectivity index (χ1) is 9.93. The van der Waals surface area contributed by atoms with Gasteiger partial charge in [-0.2, -0.15) is 11.8 Å². The van der Waals surface area contributed by atoms with Gasteiger partial charge in [0.05, 0.1) is 0 Å². The topological polar surface area (TPSA) is 66.5 Å². The molecule has 0 radical (unpaired) electrons. The van der Waals surface area contributed by atoms with Crippen molar-refractivity contribution in [2.45, 2.75) is 18.1 Å². The molecule has 0 saturated carbocycles. The van der Waals surface area contributed by atoms with E-state index in [0.29, 0.717) is 10.6 Å². The van der Waals surface area contributed by atoms with E-state index in [1.165, 1.54) is 0 Å². The number of urea groups is 1. The van der Waals surface area contributed by atoms with Crippen LogP contribution in [0.4, 0.5) is 4.79 Å². The Hall–Kier alpha value is -1.53. The summed E-state index contributed by atoms with van der Waals surface area (Å²) in [6, 6.07) is 5.89. The highest BCUT2D eigenvalue weighted by Crippen LogP contribution is 2.25. The second-order valence-electron chi connectivity index (χ2n) is 4.78. The number of nitrogens with zero attached hydrogens (tertiary/aromatic N) is 1. The molecule has 0 spiro atoms. The van der Waals surface area contributed by atoms with E-state index in [9.17, 15) is 14.4 Å². The van der Waals surface area contributed by atoms with Crippen LogP contribution in [0.1, 0.15) is 18.4 Å². The Morgan fingerprint density at radius 3 is 2.71 bits per heavy atom. The molecule has 1 N–H and O–H groups in total. The quantitative estimate of drug-likeness (QED) is 0.862. The summed E-state index contributed by atoms with van der Waals surface area (Å²) >= 11 is 7.45.